The molecule has 0 spiro atoms. The number of ketones is 1. The summed E-state index contributed by atoms with van der Waals surface area (Å²) in [5.74, 6) is -0.427. The first kappa shape index (κ1) is 11.1. The zero-order valence-electron chi connectivity index (χ0n) is 9.21. The van der Waals surface area contributed by atoms with E-state index in [0.29, 0.717) is 5.56 Å². The number of rotatable bonds is 2. The van der Waals surface area contributed by atoms with Crippen molar-refractivity contribution in [1.82, 2.24) is 0 Å². The van der Waals surface area contributed by atoms with Crippen molar-refractivity contribution in [2.45, 2.75) is 32.1 Å². The molecule has 0 unspecified atom stereocenters. The molecular formula is C14H15FO. The maximum Gasteiger partial charge on any atom is 0.185 e. The number of carbonyl (C=O) groups is 1. The quantitative estimate of drug-likeness (QED) is 0.543. The van der Waals surface area contributed by atoms with Gasteiger partial charge in [0.15, 0.2) is 5.78 Å². The molecule has 1 aliphatic carbocycles. The van der Waals surface area contributed by atoms with Crippen LogP contribution in [0.5, 0.6) is 0 Å². The van der Waals surface area contributed by atoms with E-state index in [2.05, 4.69) is 0 Å². The van der Waals surface area contributed by atoms with E-state index >= 15 is 0 Å². The number of hydrogen-bond acceptors (Lipinski definition) is 1. The number of allylic oxidation sites excluding steroid dienone is 2. The SMILES string of the molecule is O=C(C=C1CCCCC1)c1cccc(F)c1. The number of hydrogen-bond donors (Lipinski definition) is 0. The number of halogens is 1. The summed E-state index contributed by atoms with van der Waals surface area (Å²) in [7, 11) is 0. The molecule has 0 aliphatic heterocycles. The molecule has 0 N–H and O–H groups in total. The predicted molar refractivity (Wildman–Crippen MR) is 61.9 cm³/mol. The first-order chi connectivity index (χ1) is 7.75. The molecule has 1 nitrogen and oxygen atoms in total. The second-order valence-electron chi connectivity index (χ2n) is 4.24. The van der Waals surface area contributed by atoms with Crippen molar-refractivity contribution < 1.29 is 9.18 Å². The first-order valence-corrected chi connectivity index (χ1v) is 5.75. The van der Waals surface area contributed by atoms with Crippen LogP contribution in [0.4, 0.5) is 4.39 Å². The summed E-state index contributed by atoms with van der Waals surface area (Å²) >= 11 is 0. The molecule has 0 amide bonds. The fourth-order valence-electron chi connectivity index (χ4n) is 2.06. The highest BCUT2D eigenvalue weighted by Gasteiger charge is 2.09. The van der Waals surface area contributed by atoms with E-state index in [9.17, 15) is 9.18 Å². The highest BCUT2D eigenvalue weighted by atomic mass is 19.1. The summed E-state index contributed by atoms with van der Waals surface area (Å²) in [5.41, 5.74) is 1.65. The molecule has 0 heterocycles. The van der Waals surface area contributed by atoms with Gasteiger partial charge in [0.25, 0.3) is 0 Å². The molecule has 1 aromatic carbocycles. The molecule has 0 saturated heterocycles. The van der Waals surface area contributed by atoms with Gasteiger partial charge < -0.3 is 0 Å². The molecule has 0 aromatic heterocycles. The first-order valence-electron chi connectivity index (χ1n) is 5.75. The van der Waals surface area contributed by atoms with Gasteiger partial charge in [-0.15, -0.1) is 0 Å². The molecule has 1 fully saturated rings. The maximum absolute atomic E-state index is 12.9. The van der Waals surface area contributed by atoms with Gasteiger partial charge in [-0.1, -0.05) is 24.1 Å². The lowest BCUT2D eigenvalue weighted by molar-refractivity contribution is 0.104. The van der Waals surface area contributed by atoms with Gasteiger partial charge in [0.2, 0.25) is 0 Å². The lowest BCUT2D eigenvalue weighted by atomic mass is 9.93. The Hall–Kier alpha value is -1.44. The summed E-state index contributed by atoms with van der Waals surface area (Å²) < 4.78 is 12.9. The largest absolute Gasteiger partial charge is 0.289 e. The monoisotopic (exact) mass is 218 g/mol. The second-order valence-corrected chi connectivity index (χ2v) is 4.24. The normalized spacial score (nSPS) is 15.9. The summed E-state index contributed by atoms with van der Waals surface area (Å²) in [4.78, 5) is 11.8. The van der Waals surface area contributed by atoms with E-state index in [1.54, 1.807) is 18.2 Å². The van der Waals surface area contributed by atoms with Crippen LogP contribution in [0.1, 0.15) is 42.5 Å². The summed E-state index contributed by atoms with van der Waals surface area (Å²) in [5, 5.41) is 0. The lowest BCUT2D eigenvalue weighted by Gasteiger charge is -2.12. The zero-order valence-corrected chi connectivity index (χ0v) is 9.21. The van der Waals surface area contributed by atoms with Crippen molar-refractivity contribution in [3.8, 4) is 0 Å². The third-order valence-electron chi connectivity index (χ3n) is 2.94. The second kappa shape index (κ2) is 5.06. The van der Waals surface area contributed by atoms with Crippen LogP contribution >= 0.6 is 0 Å². The van der Waals surface area contributed by atoms with Crippen LogP contribution in [0, 0.1) is 5.82 Å². The van der Waals surface area contributed by atoms with E-state index in [-0.39, 0.29) is 11.6 Å². The molecule has 2 heteroatoms. The third-order valence-corrected chi connectivity index (χ3v) is 2.94. The third kappa shape index (κ3) is 2.78. The molecular weight excluding hydrogens is 203 g/mol. The van der Waals surface area contributed by atoms with Crippen molar-refractivity contribution in [2.24, 2.45) is 0 Å². The molecule has 0 radical (unpaired) electrons. The Balaban J connectivity index is 2.13. The van der Waals surface area contributed by atoms with Crippen LogP contribution in [0.3, 0.4) is 0 Å². The van der Waals surface area contributed by atoms with Crippen LogP contribution in [-0.4, -0.2) is 5.78 Å². The van der Waals surface area contributed by atoms with Crippen molar-refractivity contribution in [3.63, 3.8) is 0 Å². The Morgan fingerprint density at radius 3 is 2.62 bits per heavy atom. The maximum atomic E-state index is 12.9. The van der Waals surface area contributed by atoms with E-state index < -0.39 is 0 Å². The van der Waals surface area contributed by atoms with Gasteiger partial charge >= 0.3 is 0 Å². The molecule has 16 heavy (non-hydrogen) atoms. The van der Waals surface area contributed by atoms with Gasteiger partial charge in [-0.25, -0.2) is 4.39 Å². The van der Waals surface area contributed by atoms with Crippen LogP contribution < -0.4 is 0 Å². The van der Waals surface area contributed by atoms with E-state index in [1.165, 1.54) is 37.0 Å². The minimum absolute atomic E-state index is 0.0728. The minimum Gasteiger partial charge on any atom is -0.289 e. The Bertz CT molecular complexity index is 412. The van der Waals surface area contributed by atoms with E-state index in [0.717, 1.165) is 12.8 Å². The van der Waals surface area contributed by atoms with Crippen molar-refractivity contribution in [2.75, 3.05) is 0 Å². The van der Waals surface area contributed by atoms with Crippen molar-refractivity contribution in [3.05, 3.63) is 47.3 Å². The zero-order chi connectivity index (χ0) is 11.4. The topological polar surface area (TPSA) is 17.1 Å². The fraction of sp³-hybridized carbons (Fsp3) is 0.357. The Kier molecular flexibility index (Phi) is 3.50. The summed E-state index contributed by atoms with van der Waals surface area (Å²) in [6.45, 7) is 0. The molecule has 0 bridgehead atoms. The van der Waals surface area contributed by atoms with E-state index in [4.69, 9.17) is 0 Å². The van der Waals surface area contributed by atoms with Crippen molar-refractivity contribution >= 4 is 5.78 Å². The molecule has 1 saturated carbocycles. The van der Waals surface area contributed by atoms with Gasteiger partial charge in [-0.2, -0.15) is 0 Å². The average molecular weight is 218 g/mol. The van der Waals surface area contributed by atoms with Crippen LogP contribution in [0.2, 0.25) is 0 Å². The van der Waals surface area contributed by atoms with Crippen molar-refractivity contribution in [1.29, 1.82) is 0 Å². The highest BCUT2D eigenvalue weighted by molar-refractivity contribution is 6.04. The van der Waals surface area contributed by atoms with Crippen LogP contribution in [0.15, 0.2) is 35.9 Å². The van der Waals surface area contributed by atoms with Gasteiger partial charge in [0, 0.05) is 5.56 Å². The minimum atomic E-state index is -0.354. The van der Waals surface area contributed by atoms with Gasteiger partial charge in [0.1, 0.15) is 5.82 Å². The van der Waals surface area contributed by atoms with Crippen LogP contribution in [0.25, 0.3) is 0 Å². The van der Waals surface area contributed by atoms with Gasteiger partial charge in [-0.05, 0) is 43.9 Å². The van der Waals surface area contributed by atoms with Gasteiger partial charge in [-0.3, -0.25) is 4.79 Å². The van der Waals surface area contributed by atoms with Crippen LogP contribution in [-0.2, 0) is 0 Å². The fourth-order valence-corrected chi connectivity index (χ4v) is 2.06. The summed E-state index contributed by atoms with van der Waals surface area (Å²) in [6, 6.07) is 5.87. The highest BCUT2D eigenvalue weighted by Crippen LogP contribution is 2.23. The standard InChI is InChI=1S/C14H15FO/c15-13-8-4-7-12(10-13)14(16)9-11-5-2-1-3-6-11/h4,7-10H,1-3,5-6H2. The summed E-state index contributed by atoms with van der Waals surface area (Å²) in [6.07, 6.45) is 7.31. The lowest BCUT2D eigenvalue weighted by Crippen LogP contribution is -2.00. The number of benzene rings is 1. The predicted octanol–water partition coefficient (Wildman–Crippen LogP) is 3.90. The molecule has 1 aliphatic rings. The van der Waals surface area contributed by atoms with Gasteiger partial charge in [0.05, 0.1) is 0 Å². The smallest absolute Gasteiger partial charge is 0.185 e. The Morgan fingerprint density at radius 1 is 1.19 bits per heavy atom. The average Bonchev–Trinajstić information content (AvgIpc) is 2.30. The Labute approximate surface area is 95.0 Å². The molecule has 0 atom stereocenters. The molecule has 1 aromatic rings. The molecule has 84 valence electrons. The Morgan fingerprint density at radius 2 is 1.94 bits per heavy atom. The van der Waals surface area contributed by atoms with E-state index in [1.807, 2.05) is 0 Å². The molecule has 2 rings (SSSR count). The number of carbonyl (C=O) groups excluding carboxylic acids is 1.